The molecule has 2 heterocycles. The topological polar surface area (TPSA) is 50.8 Å². The zero-order chi connectivity index (χ0) is 12.7. The molecule has 0 radical (unpaired) electrons. The highest BCUT2D eigenvalue weighted by Gasteiger charge is 2.27. The average molecular weight is 262 g/mol. The van der Waals surface area contributed by atoms with Crippen LogP contribution in [-0.2, 0) is 4.79 Å². The van der Waals surface area contributed by atoms with Gasteiger partial charge in [-0.3, -0.25) is 9.69 Å². The molecule has 1 aromatic rings. The minimum absolute atomic E-state index is 0.141. The number of benzene rings is 1. The minimum atomic E-state index is -0.141. The molecule has 18 heavy (non-hydrogen) atoms. The van der Waals surface area contributed by atoms with Crippen molar-refractivity contribution in [2.24, 2.45) is 0 Å². The molecule has 0 saturated carbocycles. The fraction of sp³-hybridized carbons (Fsp3) is 0.167. The molecule has 2 aliphatic rings. The minimum Gasteiger partial charge on any atom is -0.454 e. The van der Waals surface area contributed by atoms with E-state index in [0.29, 0.717) is 16.6 Å². The summed E-state index contributed by atoms with van der Waals surface area (Å²) in [5.74, 6) is 1.26. The Bertz CT molecular complexity index is 583. The summed E-state index contributed by atoms with van der Waals surface area (Å²) in [5.41, 5.74) is 1.31. The number of carbonyl (C=O) groups excluding carboxylic acids is 1. The second-order valence-electron chi connectivity index (χ2n) is 3.97. The van der Waals surface area contributed by atoms with Crippen molar-refractivity contribution in [3.05, 3.63) is 29.5 Å². The maximum absolute atomic E-state index is 11.8. The van der Waals surface area contributed by atoms with Gasteiger partial charge in [0.25, 0.3) is 5.91 Å². The predicted molar refractivity (Wildman–Crippen MR) is 69.0 cm³/mol. The average Bonchev–Trinajstić information content (AvgIpc) is 2.91. The van der Waals surface area contributed by atoms with Gasteiger partial charge in [0.1, 0.15) is 5.70 Å². The second-order valence-corrected chi connectivity index (χ2v) is 4.35. The molecule has 1 amide bonds. The van der Waals surface area contributed by atoms with Gasteiger partial charge in [-0.2, -0.15) is 0 Å². The third kappa shape index (κ3) is 1.70. The Hall–Kier alpha value is -2.08. The van der Waals surface area contributed by atoms with Crippen LogP contribution in [0.25, 0.3) is 6.08 Å². The number of carbonyl (C=O) groups is 1. The molecule has 1 N–H and O–H groups in total. The fourth-order valence-corrected chi connectivity index (χ4v) is 1.99. The quantitative estimate of drug-likeness (QED) is 0.607. The summed E-state index contributed by atoms with van der Waals surface area (Å²) < 4.78 is 10.5. The summed E-state index contributed by atoms with van der Waals surface area (Å²) >= 11 is 5.00. The fourth-order valence-electron chi connectivity index (χ4n) is 1.79. The van der Waals surface area contributed by atoms with Crippen LogP contribution in [0.15, 0.2) is 23.9 Å². The van der Waals surface area contributed by atoms with Crippen LogP contribution in [0.4, 0.5) is 0 Å². The van der Waals surface area contributed by atoms with Gasteiger partial charge in [-0.15, -0.1) is 0 Å². The normalized spacial score (nSPS) is 19.6. The molecule has 3 rings (SSSR count). The van der Waals surface area contributed by atoms with Crippen molar-refractivity contribution in [2.45, 2.75) is 0 Å². The SMILES string of the molecule is CN1C(=O)/C(=C/c2ccc3c(c2)OCO3)NC1=S. The van der Waals surface area contributed by atoms with Crippen LogP contribution in [0.1, 0.15) is 5.56 Å². The van der Waals surface area contributed by atoms with Crippen LogP contribution in [-0.4, -0.2) is 29.8 Å². The first-order valence-corrected chi connectivity index (χ1v) is 5.76. The third-order valence-electron chi connectivity index (χ3n) is 2.79. The maximum Gasteiger partial charge on any atom is 0.276 e. The van der Waals surface area contributed by atoms with E-state index in [1.165, 1.54) is 4.90 Å². The summed E-state index contributed by atoms with van der Waals surface area (Å²) in [7, 11) is 1.64. The smallest absolute Gasteiger partial charge is 0.276 e. The molecule has 1 fully saturated rings. The Morgan fingerprint density at radius 3 is 2.89 bits per heavy atom. The molecule has 0 unspecified atom stereocenters. The summed E-state index contributed by atoms with van der Waals surface area (Å²) in [4.78, 5) is 13.2. The van der Waals surface area contributed by atoms with Crippen LogP contribution < -0.4 is 14.8 Å². The van der Waals surface area contributed by atoms with E-state index in [2.05, 4.69) is 5.32 Å². The zero-order valence-corrected chi connectivity index (χ0v) is 10.4. The van der Waals surface area contributed by atoms with Gasteiger partial charge >= 0.3 is 0 Å². The highest BCUT2D eigenvalue weighted by Crippen LogP contribution is 2.33. The zero-order valence-electron chi connectivity index (χ0n) is 9.60. The van der Waals surface area contributed by atoms with Gasteiger partial charge in [-0.25, -0.2) is 0 Å². The van der Waals surface area contributed by atoms with Crippen molar-refractivity contribution in [1.29, 1.82) is 0 Å². The van der Waals surface area contributed by atoms with Gasteiger partial charge in [-0.05, 0) is 36.0 Å². The lowest BCUT2D eigenvalue weighted by Crippen LogP contribution is -2.25. The molecule has 0 bridgehead atoms. The van der Waals surface area contributed by atoms with Gasteiger partial charge < -0.3 is 14.8 Å². The molecule has 2 aliphatic heterocycles. The standard InChI is InChI=1S/C12H10N2O3S/c1-14-11(15)8(13-12(14)18)4-7-2-3-9-10(5-7)17-6-16-9/h2-5H,6H2,1H3,(H,13,18)/b8-4-. The molecule has 0 atom stereocenters. The lowest BCUT2D eigenvalue weighted by atomic mass is 10.1. The highest BCUT2D eigenvalue weighted by atomic mass is 32.1. The summed E-state index contributed by atoms with van der Waals surface area (Å²) in [6, 6.07) is 5.50. The van der Waals surface area contributed by atoms with Crippen LogP contribution in [0.2, 0.25) is 0 Å². The van der Waals surface area contributed by atoms with E-state index in [0.717, 1.165) is 11.3 Å². The number of thiocarbonyl (C=S) groups is 1. The molecular formula is C12H10N2O3S. The Balaban J connectivity index is 1.93. The number of fused-ring (bicyclic) bond motifs is 1. The van der Waals surface area contributed by atoms with Gasteiger partial charge in [0, 0.05) is 7.05 Å². The molecule has 6 heteroatoms. The lowest BCUT2D eigenvalue weighted by Gasteiger charge is -2.02. The molecule has 5 nitrogen and oxygen atoms in total. The van der Waals surface area contributed by atoms with Gasteiger partial charge in [0.15, 0.2) is 16.6 Å². The van der Waals surface area contributed by atoms with E-state index in [1.807, 2.05) is 18.2 Å². The lowest BCUT2D eigenvalue weighted by molar-refractivity contribution is -0.121. The number of nitrogens with one attached hydrogen (secondary N) is 1. The van der Waals surface area contributed by atoms with Crippen molar-refractivity contribution < 1.29 is 14.3 Å². The number of likely N-dealkylation sites (N-methyl/N-ethyl adjacent to an activating group) is 1. The van der Waals surface area contributed by atoms with E-state index in [4.69, 9.17) is 21.7 Å². The highest BCUT2D eigenvalue weighted by molar-refractivity contribution is 7.80. The number of rotatable bonds is 1. The van der Waals surface area contributed by atoms with E-state index in [9.17, 15) is 4.79 Å². The molecule has 1 saturated heterocycles. The first kappa shape index (κ1) is 11.0. The molecular weight excluding hydrogens is 252 g/mol. The monoisotopic (exact) mass is 262 g/mol. The van der Waals surface area contributed by atoms with Gasteiger partial charge in [-0.1, -0.05) is 6.07 Å². The summed E-state index contributed by atoms with van der Waals surface area (Å²) in [6.45, 7) is 0.235. The van der Waals surface area contributed by atoms with Crippen molar-refractivity contribution in [1.82, 2.24) is 10.2 Å². The number of amides is 1. The molecule has 0 aromatic heterocycles. The molecule has 92 valence electrons. The first-order chi connectivity index (χ1) is 8.65. The van der Waals surface area contributed by atoms with Crippen molar-refractivity contribution in [2.75, 3.05) is 13.8 Å². The van der Waals surface area contributed by atoms with Gasteiger partial charge in [0.2, 0.25) is 6.79 Å². The molecule has 0 spiro atoms. The Morgan fingerprint density at radius 1 is 1.39 bits per heavy atom. The van der Waals surface area contributed by atoms with Crippen LogP contribution in [0, 0.1) is 0 Å². The Labute approximate surface area is 109 Å². The molecule has 1 aromatic carbocycles. The second kappa shape index (κ2) is 3.99. The largest absolute Gasteiger partial charge is 0.454 e. The van der Waals surface area contributed by atoms with E-state index < -0.39 is 0 Å². The number of ether oxygens (including phenoxy) is 2. The van der Waals surface area contributed by atoms with Crippen LogP contribution in [0.5, 0.6) is 11.5 Å². The third-order valence-corrected chi connectivity index (χ3v) is 3.16. The maximum atomic E-state index is 11.8. The van der Waals surface area contributed by atoms with Crippen molar-refractivity contribution in [3.8, 4) is 11.5 Å². The Kier molecular flexibility index (Phi) is 2.45. The van der Waals surface area contributed by atoms with Crippen molar-refractivity contribution >= 4 is 29.3 Å². The summed E-state index contributed by atoms with van der Waals surface area (Å²) in [6.07, 6.45) is 1.74. The van der Waals surface area contributed by atoms with Crippen molar-refractivity contribution in [3.63, 3.8) is 0 Å². The predicted octanol–water partition coefficient (Wildman–Crippen LogP) is 1.10. The number of hydrogen-bond donors (Lipinski definition) is 1. The number of nitrogens with zero attached hydrogens (tertiary/aromatic N) is 1. The number of hydrogen-bond acceptors (Lipinski definition) is 4. The Morgan fingerprint density at radius 2 is 2.17 bits per heavy atom. The van der Waals surface area contributed by atoms with E-state index in [-0.39, 0.29) is 12.7 Å². The van der Waals surface area contributed by atoms with E-state index in [1.54, 1.807) is 13.1 Å². The van der Waals surface area contributed by atoms with Crippen LogP contribution >= 0.6 is 12.2 Å². The van der Waals surface area contributed by atoms with E-state index >= 15 is 0 Å². The first-order valence-electron chi connectivity index (χ1n) is 5.35. The molecule has 0 aliphatic carbocycles. The van der Waals surface area contributed by atoms with Crippen LogP contribution in [0.3, 0.4) is 0 Å². The van der Waals surface area contributed by atoms with Gasteiger partial charge in [0.05, 0.1) is 0 Å². The summed E-state index contributed by atoms with van der Waals surface area (Å²) in [5, 5.41) is 3.28.